The van der Waals surface area contributed by atoms with Crippen LogP contribution in [0.2, 0.25) is 10.0 Å². The van der Waals surface area contributed by atoms with Gasteiger partial charge in [0, 0.05) is 12.1 Å². The van der Waals surface area contributed by atoms with E-state index in [0.29, 0.717) is 38.9 Å². The highest BCUT2D eigenvalue weighted by Crippen LogP contribution is 2.31. The van der Waals surface area contributed by atoms with Crippen LogP contribution in [0.25, 0.3) is 11.0 Å². The van der Waals surface area contributed by atoms with Crippen molar-refractivity contribution in [2.24, 2.45) is 7.05 Å². The second kappa shape index (κ2) is 6.70. The number of fused-ring (bicyclic) bond motifs is 1. The normalized spacial score (nSPS) is 10.7. The predicted molar refractivity (Wildman–Crippen MR) is 97.3 cm³/mol. The molecule has 3 rings (SSSR count). The van der Waals surface area contributed by atoms with Gasteiger partial charge in [0.1, 0.15) is 0 Å². The van der Waals surface area contributed by atoms with Gasteiger partial charge in [0.05, 0.1) is 33.7 Å². The zero-order valence-corrected chi connectivity index (χ0v) is 14.8. The Morgan fingerprint density at radius 3 is 2.60 bits per heavy atom. The van der Waals surface area contributed by atoms with Crippen LogP contribution in [0.15, 0.2) is 30.5 Å². The summed E-state index contributed by atoms with van der Waals surface area (Å²) in [5.41, 5.74) is 1.96. The maximum Gasteiger partial charge on any atom is 0.333 e. The molecule has 1 aromatic carbocycles. The SMILES string of the molecule is Cc1nn(C)c2ncc(NC(=O)N(C=O)c3ccc(Cl)cc3)c(Cl)c12. The molecule has 0 aliphatic heterocycles. The Balaban J connectivity index is 1.93. The van der Waals surface area contributed by atoms with Crippen molar-refractivity contribution < 1.29 is 9.59 Å². The van der Waals surface area contributed by atoms with E-state index in [2.05, 4.69) is 15.4 Å². The molecule has 0 aliphatic rings. The fourth-order valence-corrected chi connectivity index (χ4v) is 2.90. The van der Waals surface area contributed by atoms with Crippen LogP contribution in [0.5, 0.6) is 0 Å². The molecular weight excluding hydrogens is 365 g/mol. The largest absolute Gasteiger partial charge is 0.333 e. The first-order chi connectivity index (χ1) is 11.9. The molecule has 0 saturated carbocycles. The number of carbonyl (C=O) groups excluding carboxylic acids is 2. The average molecular weight is 378 g/mol. The Labute approximate surface area is 153 Å². The van der Waals surface area contributed by atoms with Crippen molar-refractivity contribution >= 4 is 58.1 Å². The lowest BCUT2D eigenvalue weighted by Crippen LogP contribution is -2.33. The standard InChI is InChI=1S/C16H13Cl2N5O2/c1-9-13-14(18)12(7-19-15(13)22(2)21-9)20-16(25)23(8-24)11-5-3-10(17)4-6-11/h3-8H,1-2H3,(H,20,25). The van der Waals surface area contributed by atoms with E-state index in [-0.39, 0.29) is 5.69 Å². The number of carbonyl (C=O) groups is 2. The summed E-state index contributed by atoms with van der Waals surface area (Å²) in [4.78, 5) is 29.0. The van der Waals surface area contributed by atoms with Crippen molar-refractivity contribution in [1.29, 1.82) is 0 Å². The minimum absolute atomic E-state index is 0.288. The quantitative estimate of drug-likeness (QED) is 0.704. The fourth-order valence-electron chi connectivity index (χ4n) is 2.46. The number of amides is 3. The number of nitrogens with zero attached hydrogens (tertiary/aromatic N) is 4. The lowest BCUT2D eigenvalue weighted by Gasteiger charge is -2.17. The molecule has 2 heterocycles. The Kier molecular flexibility index (Phi) is 4.61. The Morgan fingerprint density at radius 2 is 1.96 bits per heavy atom. The van der Waals surface area contributed by atoms with Crippen molar-refractivity contribution in [2.75, 3.05) is 10.2 Å². The monoisotopic (exact) mass is 377 g/mol. The summed E-state index contributed by atoms with van der Waals surface area (Å²) >= 11 is 12.2. The summed E-state index contributed by atoms with van der Waals surface area (Å²) in [6.45, 7) is 1.80. The molecule has 25 heavy (non-hydrogen) atoms. The molecule has 0 unspecified atom stereocenters. The highest BCUT2D eigenvalue weighted by molar-refractivity contribution is 6.38. The van der Waals surface area contributed by atoms with Gasteiger partial charge in [0.2, 0.25) is 6.41 Å². The van der Waals surface area contributed by atoms with E-state index >= 15 is 0 Å². The van der Waals surface area contributed by atoms with Gasteiger partial charge in [-0.25, -0.2) is 14.7 Å². The summed E-state index contributed by atoms with van der Waals surface area (Å²) in [7, 11) is 1.76. The van der Waals surface area contributed by atoms with Crippen molar-refractivity contribution in [1.82, 2.24) is 14.8 Å². The van der Waals surface area contributed by atoms with E-state index in [1.807, 2.05) is 0 Å². The number of hydrogen-bond donors (Lipinski definition) is 1. The molecule has 128 valence electrons. The smallest absolute Gasteiger partial charge is 0.304 e. The van der Waals surface area contributed by atoms with Crippen molar-refractivity contribution in [3.8, 4) is 0 Å². The van der Waals surface area contributed by atoms with Crippen LogP contribution >= 0.6 is 23.2 Å². The van der Waals surface area contributed by atoms with Crippen molar-refractivity contribution in [2.45, 2.75) is 6.92 Å². The van der Waals surface area contributed by atoms with E-state index in [0.717, 1.165) is 4.90 Å². The minimum Gasteiger partial charge on any atom is -0.304 e. The second-order valence-electron chi connectivity index (χ2n) is 5.28. The molecule has 1 N–H and O–H groups in total. The third-order valence-corrected chi connectivity index (χ3v) is 4.28. The molecule has 0 spiro atoms. The molecule has 0 bridgehead atoms. The molecule has 0 aliphatic carbocycles. The van der Waals surface area contributed by atoms with E-state index in [4.69, 9.17) is 23.2 Å². The van der Waals surface area contributed by atoms with Crippen LogP contribution in [-0.4, -0.2) is 27.2 Å². The van der Waals surface area contributed by atoms with Gasteiger partial charge in [-0.05, 0) is 31.2 Å². The van der Waals surface area contributed by atoms with Crippen LogP contribution < -0.4 is 10.2 Å². The molecule has 3 aromatic rings. The Bertz CT molecular complexity index is 969. The number of anilines is 2. The number of rotatable bonds is 3. The highest BCUT2D eigenvalue weighted by Gasteiger charge is 2.19. The summed E-state index contributed by atoms with van der Waals surface area (Å²) in [6, 6.07) is 5.62. The first-order valence-corrected chi connectivity index (χ1v) is 7.97. The molecule has 7 nitrogen and oxygen atoms in total. The molecule has 2 aromatic heterocycles. The van der Waals surface area contributed by atoms with E-state index in [1.165, 1.54) is 6.20 Å². The Hall–Kier alpha value is -2.64. The molecule has 0 fully saturated rings. The number of pyridine rings is 1. The van der Waals surface area contributed by atoms with Gasteiger partial charge in [-0.3, -0.25) is 9.48 Å². The first-order valence-electron chi connectivity index (χ1n) is 7.21. The number of nitrogens with one attached hydrogen (secondary N) is 1. The molecule has 0 saturated heterocycles. The van der Waals surface area contributed by atoms with Gasteiger partial charge < -0.3 is 5.32 Å². The number of imide groups is 1. The van der Waals surface area contributed by atoms with E-state index < -0.39 is 6.03 Å². The number of benzene rings is 1. The number of urea groups is 1. The summed E-state index contributed by atoms with van der Waals surface area (Å²) < 4.78 is 1.60. The van der Waals surface area contributed by atoms with Gasteiger partial charge in [-0.2, -0.15) is 5.10 Å². The summed E-state index contributed by atoms with van der Waals surface area (Å²) in [5.74, 6) is 0. The lowest BCUT2D eigenvalue weighted by atomic mass is 10.2. The maximum absolute atomic E-state index is 12.5. The average Bonchev–Trinajstić information content (AvgIpc) is 2.87. The highest BCUT2D eigenvalue weighted by atomic mass is 35.5. The van der Waals surface area contributed by atoms with Crippen molar-refractivity contribution in [3.05, 3.63) is 46.2 Å². The van der Waals surface area contributed by atoms with E-state index in [1.54, 1.807) is 42.9 Å². The van der Waals surface area contributed by atoms with Gasteiger partial charge in [-0.1, -0.05) is 23.2 Å². The van der Waals surface area contributed by atoms with Crippen LogP contribution in [0, 0.1) is 6.92 Å². The minimum atomic E-state index is -0.665. The van der Waals surface area contributed by atoms with Gasteiger partial charge in [0.15, 0.2) is 5.65 Å². The topological polar surface area (TPSA) is 80.1 Å². The van der Waals surface area contributed by atoms with Gasteiger partial charge in [0.25, 0.3) is 0 Å². The van der Waals surface area contributed by atoms with Crippen LogP contribution in [-0.2, 0) is 11.8 Å². The molecule has 0 radical (unpaired) electrons. The molecule has 9 heteroatoms. The fraction of sp³-hybridized carbons (Fsp3) is 0.125. The predicted octanol–water partition coefficient (Wildman–Crippen LogP) is 3.78. The molecule has 3 amide bonds. The van der Waals surface area contributed by atoms with Gasteiger partial charge >= 0.3 is 6.03 Å². The second-order valence-corrected chi connectivity index (χ2v) is 6.09. The number of hydrogen-bond acceptors (Lipinski definition) is 4. The molecule has 0 atom stereocenters. The van der Waals surface area contributed by atoms with E-state index in [9.17, 15) is 9.59 Å². The first kappa shape index (κ1) is 17.2. The van der Waals surface area contributed by atoms with Crippen LogP contribution in [0.4, 0.5) is 16.2 Å². The van der Waals surface area contributed by atoms with Crippen LogP contribution in [0.3, 0.4) is 0 Å². The molecular formula is C16H13Cl2N5O2. The lowest BCUT2D eigenvalue weighted by molar-refractivity contribution is -0.106. The third-order valence-electron chi connectivity index (χ3n) is 3.63. The summed E-state index contributed by atoms with van der Waals surface area (Å²) in [6.07, 6.45) is 1.84. The summed E-state index contributed by atoms with van der Waals surface area (Å²) in [5, 5.41) is 8.31. The van der Waals surface area contributed by atoms with Crippen LogP contribution in [0.1, 0.15) is 5.69 Å². The van der Waals surface area contributed by atoms with Gasteiger partial charge in [-0.15, -0.1) is 0 Å². The maximum atomic E-state index is 12.5. The number of aryl methyl sites for hydroxylation is 2. The zero-order valence-electron chi connectivity index (χ0n) is 13.3. The number of halogens is 2. The van der Waals surface area contributed by atoms with Crippen molar-refractivity contribution in [3.63, 3.8) is 0 Å². The zero-order chi connectivity index (χ0) is 18.1. The third kappa shape index (κ3) is 3.16. The number of aromatic nitrogens is 3. The Morgan fingerprint density at radius 1 is 1.28 bits per heavy atom.